The first-order valence-electron chi connectivity index (χ1n) is 23.9. The monoisotopic (exact) mass is 1110 g/mol. The number of nitrogens with one attached hydrogen (secondary N) is 4. The molecule has 26 heteroatoms. The molecule has 0 aromatic carbocycles. The lowest BCUT2D eigenvalue weighted by Crippen LogP contribution is -2.60. The number of carbonyl (C=O) groups is 10. The van der Waals surface area contributed by atoms with Crippen molar-refractivity contribution in [3.63, 3.8) is 0 Å². The van der Waals surface area contributed by atoms with E-state index in [0.717, 1.165) is 52.5 Å². The van der Waals surface area contributed by atoms with Crippen LogP contribution in [0.15, 0.2) is 47.2 Å². The molecule has 9 unspecified atom stereocenters. The van der Waals surface area contributed by atoms with Crippen LogP contribution in [0.3, 0.4) is 0 Å². The molecule has 2 aliphatic heterocycles. The number of pyridine rings is 2. The standard InChI is InChI=1S/C49H62N10O12S4/c1-23(2)36-47(68)70-20-32(55-40(61)30-13-15-35-28(53-30)17-19-74-35)42(63)51-26(6)44(65)59(10)38-46(67)58(9)37(24(3)4)48(69)71-21-31(54-39(60)29-12-14-34-27(52-29)16-18-73-34)41(62)50-25(5)43(64)56(7)33(45(66)57(36)8)22-75-49(38)72-11/h12-19,23-26,31-33,36-38,49H,20-22H2,1-11H3,(H,50,62)(H,51,63)(H,54,60)(H,55,61). The smallest absolute Gasteiger partial charge is 0.329 e. The molecule has 4 N–H and O–H groups in total. The molecule has 9 atom stereocenters. The summed E-state index contributed by atoms with van der Waals surface area (Å²) in [7, 11) is 5.37. The normalized spacial score (nSPS) is 25.9. The van der Waals surface area contributed by atoms with Gasteiger partial charge in [-0.15, -0.1) is 46.2 Å². The van der Waals surface area contributed by atoms with Gasteiger partial charge in [-0.05, 0) is 79.1 Å². The van der Waals surface area contributed by atoms with E-state index in [4.69, 9.17) is 9.47 Å². The quantitative estimate of drug-likeness (QED) is 0.193. The van der Waals surface area contributed by atoms with Crippen molar-refractivity contribution in [1.82, 2.24) is 50.8 Å². The Bertz CT molecular complexity index is 2840. The summed E-state index contributed by atoms with van der Waals surface area (Å²) in [6.07, 6.45) is 1.67. The Morgan fingerprint density at radius 3 is 1.48 bits per heavy atom. The van der Waals surface area contributed by atoms with E-state index in [-0.39, 0.29) is 17.1 Å². The number of cyclic esters (lactones) is 2. The van der Waals surface area contributed by atoms with Crippen LogP contribution in [0.25, 0.3) is 20.4 Å². The van der Waals surface area contributed by atoms with E-state index in [1.54, 1.807) is 69.0 Å². The number of aromatic nitrogens is 2. The second-order valence-electron chi connectivity index (χ2n) is 18.8. The Labute approximate surface area is 450 Å². The summed E-state index contributed by atoms with van der Waals surface area (Å²) in [6.45, 7) is 7.84. The Balaban J connectivity index is 1.43. The number of esters is 2. The predicted molar refractivity (Wildman–Crippen MR) is 285 cm³/mol. The molecular weight excluding hydrogens is 1050 g/mol. The lowest BCUT2D eigenvalue weighted by Gasteiger charge is -2.40. The molecule has 0 radical (unpaired) electrons. The SMILES string of the molecule is CSC1SCC2C(=O)N(C)C(C(C)C)C(=O)OCC(NC(=O)c3ccc4sccc4n3)C(=O)NC(C)C(=O)N(C)C1C(=O)N(C)C(C(C)C)C(=O)OCC(NC(=O)c1ccc3sccc3n1)C(=O)NC(C)C(=O)N2C. The minimum Gasteiger partial charge on any atom is -0.461 e. The highest BCUT2D eigenvalue weighted by atomic mass is 32.2. The van der Waals surface area contributed by atoms with E-state index in [0.29, 0.717) is 11.0 Å². The number of ether oxygens (including phenoxy) is 2. The molecule has 0 spiro atoms. The molecule has 404 valence electrons. The Morgan fingerprint density at radius 1 is 0.627 bits per heavy atom. The van der Waals surface area contributed by atoms with Gasteiger partial charge in [-0.1, -0.05) is 27.7 Å². The van der Waals surface area contributed by atoms with Crippen LogP contribution in [0.5, 0.6) is 0 Å². The minimum absolute atomic E-state index is 0.0517. The summed E-state index contributed by atoms with van der Waals surface area (Å²) in [4.78, 5) is 157. The summed E-state index contributed by atoms with van der Waals surface area (Å²) in [6, 6.07) is -1.78. The molecule has 2 saturated heterocycles. The third kappa shape index (κ3) is 13.2. The Kier molecular flexibility index (Phi) is 19.3. The number of nitrogens with zero attached hydrogens (tertiary/aromatic N) is 6. The summed E-state index contributed by atoms with van der Waals surface area (Å²) >= 11 is 5.01. The largest absolute Gasteiger partial charge is 0.461 e. The molecule has 4 aromatic rings. The molecule has 0 saturated carbocycles. The van der Waals surface area contributed by atoms with Crippen LogP contribution >= 0.6 is 46.2 Å². The number of likely N-dealkylation sites (N-methyl/N-ethyl adjacent to an activating group) is 4. The summed E-state index contributed by atoms with van der Waals surface area (Å²) in [5.74, 6) is -10.00. The highest BCUT2D eigenvalue weighted by Crippen LogP contribution is 2.32. The van der Waals surface area contributed by atoms with Crippen LogP contribution in [0.4, 0.5) is 0 Å². The number of thiophene rings is 2. The number of thioether (sulfide) groups is 2. The number of amides is 8. The van der Waals surface area contributed by atoms with Crippen molar-refractivity contribution in [2.45, 2.75) is 94.5 Å². The molecule has 6 heterocycles. The maximum atomic E-state index is 15.2. The predicted octanol–water partition coefficient (Wildman–Crippen LogP) is 1.97. The van der Waals surface area contributed by atoms with Crippen LogP contribution in [-0.4, -0.2) is 195 Å². The van der Waals surface area contributed by atoms with Crippen LogP contribution < -0.4 is 21.3 Å². The number of rotatable bonds is 7. The van der Waals surface area contributed by atoms with Gasteiger partial charge in [-0.25, -0.2) is 19.6 Å². The summed E-state index contributed by atoms with van der Waals surface area (Å²) in [5, 5.41) is 13.9. The molecule has 4 aromatic heterocycles. The molecule has 8 amide bonds. The van der Waals surface area contributed by atoms with E-state index in [9.17, 15) is 38.4 Å². The van der Waals surface area contributed by atoms with Gasteiger partial charge in [0.1, 0.15) is 72.9 Å². The van der Waals surface area contributed by atoms with Gasteiger partial charge in [0.05, 0.1) is 25.0 Å². The fourth-order valence-electron chi connectivity index (χ4n) is 8.70. The van der Waals surface area contributed by atoms with Crippen LogP contribution in [-0.2, 0) is 47.8 Å². The molecule has 2 bridgehead atoms. The average molecular weight is 1110 g/mol. The maximum Gasteiger partial charge on any atom is 0.329 e. The Morgan fingerprint density at radius 2 is 1.05 bits per heavy atom. The van der Waals surface area contributed by atoms with E-state index < -0.39 is 137 Å². The van der Waals surface area contributed by atoms with Crippen LogP contribution in [0.1, 0.15) is 62.5 Å². The third-order valence-corrected chi connectivity index (χ3v) is 17.4. The van der Waals surface area contributed by atoms with E-state index >= 15 is 9.59 Å². The van der Waals surface area contributed by atoms with Gasteiger partial charge >= 0.3 is 11.9 Å². The molecular formula is C49H62N10O12S4. The second kappa shape index (κ2) is 25.0. The van der Waals surface area contributed by atoms with Crippen molar-refractivity contribution < 1.29 is 57.4 Å². The zero-order valence-corrected chi connectivity index (χ0v) is 46.6. The highest BCUT2D eigenvalue weighted by Gasteiger charge is 2.45. The van der Waals surface area contributed by atoms with Gasteiger partial charge in [0.2, 0.25) is 35.4 Å². The molecule has 22 nitrogen and oxygen atoms in total. The van der Waals surface area contributed by atoms with Gasteiger partial charge in [0, 0.05) is 33.9 Å². The van der Waals surface area contributed by atoms with Gasteiger partial charge < -0.3 is 50.3 Å². The molecule has 2 fully saturated rings. The Hall–Kier alpha value is -6.38. The van der Waals surface area contributed by atoms with Crippen LogP contribution in [0.2, 0.25) is 0 Å². The summed E-state index contributed by atoms with van der Waals surface area (Å²) in [5.41, 5.74) is 0.960. The first-order valence-corrected chi connectivity index (χ1v) is 28.0. The number of carbonyl (C=O) groups excluding carboxylic acids is 10. The van der Waals surface area contributed by atoms with Gasteiger partial charge in [-0.2, -0.15) is 0 Å². The van der Waals surface area contributed by atoms with Crippen molar-refractivity contribution >= 4 is 126 Å². The van der Waals surface area contributed by atoms with Gasteiger partial charge in [0.15, 0.2) is 0 Å². The topological polar surface area (TPSA) is 276 Å². The van der Waals surface area contributed by atoms with Crippen molar-refractivity contribution in [1.29, 1.82) is 0 Å². The zero-order valence-electron chi connectivity index (χ0n) is 43.3. The lowest BCUT2D eigenvalue weighted by atomic mass is 10.0. The lowest BCUT2D eigenvalue weighted by molar-refractivity contribution is -0.160. The van der Waals surface area contributed by atoms with Crippen LogP contribution in [0, 0.1) is 11.8 Å². The number of fused-ring (bicyclic) bond motifs is 6. The molecule has 2 aliphatic rings. The molecule has 6 rings (SSSR count). The maximum absolute atomic E-state index is 15.2. The minimum atomic E-state index is -1.62. The zero-order chi connectivity index (χ0) is 55.2. The average Bonchev–Trinajstić information content (AvgIpc) is 4.06. The summed E-state index contributed by atoms with van der Waals surface area (Å²) < 4.78 is 12.2. The van der Waals surface area contributed by atoms with Crippen molar-refractivity contribution in [2.24, 2.45) is 11.8 Å². The first kappa shape index (κ1) is 57.9. The fourth-order valence-corrected chi connectivity index (χ4v) is 12.7. The number of hydrogen-bond acceptors (Lipinski definition) is 18. The van der Waals surface area contributed by atoms with E-state index in [1.165, 1.54) is 76.8 Å². The second-order valence-corrected chi connectivity index (χ2v) is 23.2. The fraction of sp³-hybridized carbons (Fsp3) is 0.510. The van der Waals surface area contributed by atoms with Gasteiger partial charge in [-0.3, -0.25) is 38.4 Å². The van der Waals surface area contributed by atoms with Gasteiger partial charge in [0.25, 0.3) is 11.8 Å². The first-order chi connectivity index (χ1) is 35.4. The molecule has 75 heavy (non-hydrogen) atoms. The number of hydrogen-bond donors (Lipinski definition) is 4. The van der Waals surface area contributed by atoms with E-state index in [1.807, 2.05) is 0 Å². The van der Waals surface area contributed by atoms with Crippen molar-refractivity contribution in [3.05, 3.63) is 58.5 Å². The third-order valence-electron chi connectivity index (χ3n) is 12.9. The van der Waals surface area contributed by atoms with Crippen molar-refractivity contribution in [3.8, 4) is 0 Å². The molecule has 0 aliphatic carbocycles. The highest BCUT2D eigenvalue weighted by molar-refractivity contribution is 8.16. The van der Waals surface area contributed by atoms with E-state index in [2.05, 4.69) is 31.2 Å². The van der Waals surface area contributed by atoms with Crippen molar-refractivity contribution in [2.75, 3.05) is 53.4 Å².